The van der Waals surface area contributed by atoms with E-state index in [2.05, 4.69) is 24.2 Å². The van der Waals surface area contributed by atoms with E-state index in [1.807, 2.05) is 12.1 Å². The minimum absolute atomic E-state index is 0.297. The summed E-state index contributed by atoms with van der Waals surface area (Å²) in [6.45, 7) is 3.41. The summed E-state index contributed by atoms with van der Waals surface area (Å²) in [5.41, 5.74) is 1.21. The SMILES string of the molecule is C#CCSCCNC(C)c1ccc2c(c1)OCO2. The molecular weight excluding hydrogens is 246 g/mol. The second-order valence-corrected chi connectivity index (χ2v) is 5.15. The molecule has 1 aromatic carbocycles. The highest BCUT2D eigenvalue weighted by atomic mass is 32.2. The van der Waals surface area contributed by atoms with Gasteiger partial charge in [-0.2, -0.15) is 0 Å². The van der Waals surface area contributed by atoms with E-state index in [1.165, 1.54) is 5.56 Å². The highest BCUT2D eigenvalue weighted by Gasteiger charge is 2.15. The summed E-state index contributed by atoms with van der Waals surface area (Å²) in [4.78, 5) is 0. The van der Waals surface area contributed by atoms with Gasteiger partial charge in [-0.1, -0.05) is 12.0 Å². The van der Waals surface area contributed by atoms with E-state index in [4.69, 9.17) is 15.9 Å². The molecule has 0 saturated heterocycles. The number of rotatable bonds is 6. The van der Waals surface area contributed by atoms with Crippen LogP contribution in [0.25, 0.3) is 0 Å². The van der Waals surface area contributed by atoms with Crippen LogP contribution in [0.5, 0.6) is 11.5 Å². The summed E-state index contributed by atoms with van der Waals surface area (Å²) in [7, 11) is 0. The van der Waals surface area contributed by atoms with E-state index in [-0.39, 0.29) is 0 Å². The Bertz CT molecular complexity index is 442. The molecule has 3 nitrogen and oxygen atoms in total. The number of terminal acetylenes is 1. The zero-order valence-corrected chi connectivity index (χ0v) is 11.3. The van der Waals surface area contributed by atoms with E-state index in [0.717, 1.165) is 29.5 Å². The normalized spacial score (nSPS) is 14.2. The molecule has 0 bridgehead atoms. The van der Waals surface area contributed by atoms with Crippen molar-refractivity contribution in [1.82, 2.24) is 5.32 Å². The minimum atomic E-state index is 0.297. The molecule has 4 heteroatoms. The van der Waals surface area contributed by atoms with Crippen LogP contribution < -0.4 is 14.8 Å². The van der Waals surface area contributed by atoms with Crippen LogP contribution in [0.2, 0.25) is 0 Å². The Hall–Kier alpha value is -1.31. The predicted octanol–water partition coefficient (Wildman–Crippen LogP) is 2.43. The van der Waals surface area contributed by atoms with Gasteiger partial charge in [-0.05, 0) is 24.6 Å². The fourth-order valence-corrected chi connectivity index (χ4v) is 2.30. The summed E-state index contributed by atoms with van der Waals surface area (Å²) < 4.78 is 10.7. The van der Waals surface area contributed by atoms with Gasteiger partial charge in [0, 0.05) is 18.3 Å². The first kappa shape index (κ1) is 13.1. The monoisotopic (exact) mass is 263 g/mol. The van der Waals surface area contributed by atoms with Gasteiger partial charge >= 0.3 is 0 Å². The maximum atomic E-state index is 5.37. The Labute approximate surface area is 112 Å². The zero-order chi connectivity index (χ0) is 12.8. The third kappa shape index (κ3) is 3.34. The number of thioether (sulfide) groups is 1. The summed E-state index contributed by atoms with van der Waals surface area (Å²) >= 11 is 1.77. The Morgan fingerprint density at radius 3 is 3.11 bits per heavy atom. The molecular formula is C14H17NO2S. The van der Waals surface area contributed by atoms with Crippen molar-refractivity contribution in [1.29, 1.82) is 0 Å². The molecule has 0 radical (unpaired) electrons. The van der Waals surface area contributed by atoms with Crippen LogP contribution in [-0.4, -0.2) is 24.8 Å². The number of fused-ring (bicyclic) bond motifs is 1. The van der Waals surface area contributed by atoms with Crippen LogP contribution in [0.1, 0.15) is 18.5 Å². The van der Waals surface area contributed by atoms with E-state index < -0.39 is 0 Å². The number of ether oxygens (including phenoxy) is 2. The van der Waals surface area contributed by atoms with Gasteiger partial charge in [-0.25, -0.2) is 0 Å². The molecule has 0 fully saturated rings. The number of benzene rings is 1. The average molecular weight is 263 g/mol. The highest BCUT2D eigenvalue weighted by molar-refractivity contribution is 7.99. The molecule has 96 valence electrons. The average Bonchev–Trinajstić information content (AvgIpc) is 2.85. The fourth-order valence-electron chi connectivity index (χ4n) is 1.78. The number of nitrogens with one attached hydrogen (secondary N) is 1. The van der Waals surface area contributed by atoms with Crippen molar-refractivity contribution >= 4 is 11.8 Å². The first-order chi connectivity index (χ1) is 8.81. The molecule has 1 N–H and O–H groups in total. The van der Waals surface area contributed by atoms with Crippen LogP contribution in [0.4, 0.5) is 0 Å². The van der Waals surface area contributed by atoms with Gasteiger partial charge < -0.3 is 14.8 Å². The fraction of sp³-hybridized carbons (Fsp3) is 0.429. The molecule has 2 rings (SSSR count). The minimum Gasteiger partial charge on any atom is -0.454 e. The van der Waals surface area contributed by atoms with Gasteiger partial charge in [0.25, 0.3) is 0 Å². The van der Waals surface area contributed by atoms with Crippen LogP contribution in [0.15, 0.2) is 18.2 Å². The molecule has 1 aromatic rings. The summed E-state index contributed by atoms with van der Waals surface area (Å²) in [5.74, 6) is 6.09. The third-order valence-corrected chi connectivity index (χ3v) is 3.64. The van der Waals surface area contributed by atoms with Crippen LogP contribution in [-0.2, 0) is 0 Å². The van der Waals surface area contributed by atoms with E-state index in [9.17, 15) is 0 Å². The summed E-state index contributed by atoms with van der Waals surface area (Å²) in [5, 5.41) is 3.46. The van der Waals surface area contributed by atoms with Crippen LogP contribution in [0.3, 0.4) is 0 Å². The molecule has 1 aliphatic rings. The molecule has 0 aliphatic carbocycles. The number of hydrogen-bond acceptors (Lipinski definition) is 4. The summed E-state index contributed by atoms with van der Waals surface area (Å²) in [6, 6.07) is 6.36. The Morgan fingerprint density at radius 1 is 1.44 bits per heavy atom. The summed E-state index contributed by atoms with van der Waals surface area (Å²) in [6.07, 6.45) is 5.20. The van der Waals surface area contributed by atoms with Crippen molar-refractivity contribution in [3.05, 3.63) is 23.8 Å². The molecule has 0 aromatic heterocycles. The predicted molar refractivity (Wildman–Crippen MR) is 75.1 cm³/mol. The van der Waals surface area contributed by atoms with Crippen LogP contribution in [0, 0.1) is 12.3 Å². The van der Waals surface area contributed by atoms with Gasteiger partial charge in [0.05, 0.1) is 5.75 Å². The molecule has 1 atom stereocenters. The largest absolute Gasteiger partial charge is 0.454 e. The van der Waals surface area contributed by atoms with Gasteiger partial charge in [0.1, 0.15) is 0 Å². The van der Waals surface area contributed by atoms with Crippen molar-refractivity contribution in [3.8, 4) is 23.8 Å². The van der Waals surface area contributed by atoms with Crippen LogP contribution >= 0.6 is 11.8 Å². The lowest BCUT2D eigenvalue weighted by atomic mass is 10.1. The van der Waals surface area contributed by atoms with Crippen molar-refractivity contribution in [2.24, 2.45) is 0 Å². The van der Waals surface area contributed by atoms with E-state index >= 15 is 0 Å². The first-order valence-electron chi connectivity index (χ1n) is 5.95. The molecule has 1 heterocycles. The lowest BCUT2D eigenvalue weighted by molar-refractivity contribution is 0.174. The van der Waals surface area contributed by atoms with Crippen molar-refractivity contribution in [3.63, 3.8) is 0 Å². The molecule has 0 saturated carbocycles. The lowest BCUT2D eigenvalue weighted by Crippen LogP contribution is -2.21. The third-order valence-electron chi connectivity index (χ3n) is 2.78. The first-order valence-corrected chi connectivity index (χ1v) is 7.11. The van der Waals surface area contributed by atoms with Gasteiger partial charge in [-0.15, -0.1) is 18.2 Å². The molecule has 18 heavy (non-hydrogen) atoms. The lowest BCUT2D eigenvalue weighted by Gasteiger charge is -2.14. The Kier molecular flexibility index (Phi) is 4.80. The smallest absolute Gasteiger partial charge is 0.231 e. The van der Waals surface area contributed by atoms with E-state index in [1.54, 1.807) is 11.8 Å². The van der Waals surface area contributed by atoms with Gasteiger partial charge in [0.15, 0.2) is 11.5 Å². The topological polar surface area (TPSA) is 30.5 Å². The molecule has 1 unspecified atom stereocenters. The van der Waals surface area contributed by atoms with Gasteiger partial charge in [0.2, 0.25) is 6.79 Å². The van der Waals surface area contributed by atoms with Crippen molar-refractivity contribution < 1.29 is 9.47 Å². The molecule has 1 aliphatic heterocycles. The second-order valence-electron chi connectivity index (χ2n) is 4.05. The standard InChI is InChI=1S/C14H17NO2S/c1-3-7-18-8-6-15-11(2)12-4-5-13-14(9-12)17-10-16-13/h1,4-5,9,11,15H,6-8,10H2,2H3. The van der Waals surface area contributed by atoms with E-state index in [0.29, 0.717) is 12.8 Å². The number of hydrogen-bond donors (Lipinski definition) is 1. The Balaban J connectivity index is 1.82. The van der Waals surface area contributed by atoms with Crippen molar-refractivity contribution in [2.45, 2.75) is 13.0 Å². The maximum absolute atomic E-state index is 5.37. The maximum Gasteiger partial charge on any atom is 0.231 e. The molecule has 0 spiro atoms. The van der Waals surface area contributed by atoms with Crippen molar-refractivity contribution in [2.75, 3.05) is 24.8 Å². The van der Waals surface area contributed by atoms with Gasteiger partial charge in [-0.3, -0.25) is 0 Å². The second kappa shape index (κ2) is 6.58. The highest BCUT2D eigenvalue weighted by Crippen LogP contribution is 2.34. The molecule has 0 amide bonds. The Morgan fingerprint density at radius 2 is 2.28 bits per heavy atom. The zero-order valence-electron chi connectivity index (χ0n) is 10.4. The quantitative estimate of drug-likeness (QED) is 0.631.